The van der Waals surface area contributed by atoms with E-state index in [0.29, 0.717) is 17.1 Å². The predicted molar refractivity (Wildman–Crippen MR) is 85.9 cm³/mol. The first-order valence-electron chi connectivity index (χ1n) is 6.67. The van der Waals surface area contributed by atoms with Crippen LogP contribution in [0.4, 0.5) is 17.1 Å². The number of hydrogen-bond acceptors (Lipinski definition) is 4. The summed E-state index contributed by atoms with van der Waals surface area (Å²) in [6.07, 6.45) is 0. The average Bonchev–Trinajstić information content (AvgIpc) is 2.54. The number of nitrogen functional groups attached to an aromatic ring is 1. The number of carbonyl (C=O) groups is 1. The smallest absolute Gasteiger partial charge is 0.335 e. The van der Waals surface area contributed by atoms with E-state index in [-0.39, 0.29) is 5.56 Å². The molecule has 0 fully saturated rings. The normalized spacial score (nSPS) is 11.1. The molecule has 0 aliphatic rings. The molecule has 0 atom stereocenters. The van der Waals surface area contributed by atoms with Crippen molar-refractivity contribution in [2.24, 2.45) is 10.2 Å². The van der Waals surface area contributed by atoms with Crippen molar-refractivity contribution < 1.29 is 9.90 Å². The second-order valence-electron chi connectivity index (χ2n) is 4.78. The van der Waals surface area contributed by atoms with Crippen LogP contribution in [0.2, 0.25) is 0 Å². The Hall–Kier alpha value is -3.21. The van der Waals surface area contributed by atoms with Crippen LogP contribution in [0.25, 0.3) is 10.8 Å². The molecule has 3 aromatic rings. The summed E-state index contributed by atoms with van der Waals surface area (Å²) in [5.74, 6) is -0.971. The van der Waals surface area contributed by atoms with E-state index in [4.69, 9.17) is 10.8 Å². The molecule has 0 saturated heterocycles. The van der Waals surface area contributed by atoms with Gasteiger partial charge in [-0.05, 0) is 35.7 Å². The molecule has 0 aliphatic carbocycles. The highest BCUT2D eigenvalue weighted by Gasteiger charge is 2.05. The second kappa shape index (κ2) is 5.65. The van der Waals surface area contributed by atoms with Crippen LogP contribution in [0, 0.1) is 0 Å². The second-order valence-corrected chi connectivity index (χ2v) is 4.78. The Morgan fingerprint density at radius 1 is 0.909 bits per heavy atom. The van der Waals surface area contributed by atoms with Gasteiger partial charge < -0.3 is 10.8 Å². The van der Waals surface area contributed by atoms with Crippen LogP contribution in [0.1, 0.15) is 10.4 Å². The highest BCUT2D eigenvalue weighted by molar-refractivity contribution is 5.97. The maximum absolute atomic E-state index is 10.8. The lowest BCUT2D eigenvalue weighted by atomic mass is 10.1. The third-order valence-corrected chi connectivity index (χ3v) is 3.31. The number of hydrogen-bond donors (Lipinski definition) is 2. The quantitative estimate of drug-likeness (QED) is 0.548. The molecule has 0 spiro atoms. The Bertz CT molecular complexity index is 871. The molecule has 5 heteroatoms. The van der Waals surface area contributed by atoms with Gasteiger partial charge in [-0.3, -0.25) is 0 Å². The number of carboxylic acid groups (broad SMARTS) is 1. The fourth-order valence-corrected chi connectivity index (χ4v) is 2.16. The lowest BCUT2D eigenvalue weighted by Crippen LogP contribution is -1.93. The van der Waals surface area contributed by atoms with Crippen molar-refractivity contribution >= 4 is 33.8 Å². The lowest BCUT2D eigenvalue weighted by Gasteiger charge is -2.04. The maximum atomic E-state index is 10.8. The topological polar surface area (TPSA) is 88.0 Å². The summed E-state index contributed by atoms with van der Waals surface area (Å²) in [4.78, 5) is 10.8. The molecule has 0 aromatic heterocycles. The van der Waals surface area contributed by atoms with Crippen LogP contribution >= 0.6 is 0 Å². The summed E-state index contributed by atoms with van der Waals surface area (Å²) in [6.45, 7) is 0. The Labute approximate surface area is 126 Å². The van der Waals surface area contributed by atoms with E-state index in [2.05, 4.69) is 10.2 Å². The minimum atomic E-state index is -0.971. The first-order chi connectivity index (χ1) is 10.6. The van der Waals surface area contributed by atoms with Gasteiger partial charge in [0, 0.05) is 5.39 Å². The summed E-state index contributed by atoms with van der Waals surface area (Å²) in [5, 5.41) is 19.2. The SMILES string of the molecule is Nc1ccc2ccccc2c1N=Nc1ccc(C(=O)O)cc1. The van der Waals surface area contributed by atoms with Gasteiger partial charge in [-0.25, -0.2) is 4.79 Å². The number of carboxylic acids is 1. The van der Waals surface area contributed by atoms with E-state index in [9.17, 15) is 4.79 Å². The van der Waals surface area contributed by atoms with Gasteiger partial charge in [0.25, 0.3) is 0 Å². The molecule has 0 bridgehead atoms. The molecule has 0 saturated carbocycles. The fraction of sp³-hybridized carbons (Fsp3) is 0. The van der Waals surface area contributed by atoms with Crippen LogP contribution in [-0.2, 0) is 0 Å². The van der Waals surface area contributed by atoms with Gasteiger partial charge in [-0.2, -0.15) is 5.11 Å². The Kier molecular flexibility index (Phi) is 3.53. The summed E-state index contributed by atoms with van der Waals surface area (Å²) in [5.41, 5.74) is 7.92. The lowest BCUT2D eigenvalue weighted by molar-refractivity contribution is 0.0697. The van der Waals surface area contributed by atoms with E-state index in [1.807, 2.05) is 30.3 Å². The number of rotatable bonds is 3. The van der Waals surface area contributed by atoms with Gasteiger partial charge in [0.2, 0.25) is 0 Å². The molecular formula is C17H13N3O2. The van der Waals surface area contributed by atoms with E-state index < -0.39 is 5.97 Å². The zero-order valence-corrected chi connectivity index (χ0v) is 11.6. The van der Waals surface area contributed by atoms with Gasteiger partial charge in [-0.1, -0.05) is 30.3 Å². The van der Waals surface area contributed by atoms with Crippen molar-refractivity contribution in [3.8, 4) is 0 Å². The van der Waals surface area contributed by atoms with Gasteiger partial charge in [0.15, 0.2) is 0 Å². The Morgan fingerprint density at radius 2 is 1.64 bits per heavy atom. The Morgan fingerprint density at radius 3 is 2.36 bits per heavy atom. The van der Waals surface area contributed by atoms with Crippen molar-refractivity contribution in [1.82, 2.24) is 0 Å². The Balaban J connectivity index is 1.98. The first kappa shape index (κ1) is 13.8. The van der Waals surface area contributed by atoms with Gasteiger partial charge in [0.1, 0.15) is 5.69 Å². The monoisotopic (exact) mass is 291 g/mol. The van der Waals surface area contributed by atoms with Crippen molar-refractivity contribution in [2.75, 3.05) is 5.73 Å². The predicted octanol–water partition coefficient (Wildman–Crippen LogP) is 4.54. The minimum absolute atomic E-state index is 0.212. The molecule has 0 radical (unpaired) electrons. The molecule has 22 heavy (non-hydrogen) atoms. The number of azo groups is 1. The highest BCUT2D eigenvalue weighted by atomic mass is 16.4. The van der Waals surface area contributed by atoms with Crippen molar-refractivity contribution in [3.63, 3.8) is 0 Å². The van der Waals surface area contributed by atoms with Crippen LogP contribution in [-0.4, -0.2) is 11.1 Å². The molecule has 108 valence electrons. The number of benzene rings is 3. The molecule has 3 aromatic carbocycles. The van der Waals surface area contributed by atoms with Gasteiger partial charge >= 0.3 is 5.97 Å². The van der Waals surface area contributed by atoms with Gasteiger partial charge in [-0.15, -0.1) is 5.11 Å². The molecule has 5 nitrogen and oxygen atoms in total. The largest absolute Gasteiger partial charge is 0.478 e. The summed E-state index contributed by atoms with van der Waals surface area (Å²) in [7, 11) is 0. The number of nitrogens with two attached hydrogens (primary N) is 1. The molecular weight excluding hydrogens is 278 g/mol. The third-order valence-electron chi connectivity index (χ3n) is 3.31. The van der Waals surface area contributed by atoms with E-state index >= 15 is 0 Å². The van der Waals surface area contributed by atoms with E-state index in [1.165, 1.54) is 12.1 Å². The molecule has 3 rings (SSSR count). The molecule has 3 N–H and O–H groups in total. The molecule has 0 amide bonds. The van der Waals surface area contributed by atoms with Crippen LogP contribution in [0.15, 0.2) is 70.9 Å². The number of nitrogens with zero attached hydrogens (tertiary/aromatic N) is 2. The standard InChI is InChI=1S/C17H13N3O2/c18-15-10-7-11-3-1-2-4-14(11)16(15)20-19-13-8-5-12(6-9-13)17(21)22/h1-10H,18H2,(H,21,22). The van der Waals surface area contributed by atoms with Crippen LogP contribution < -0.4 is 5.73 Å². The molecule has 0 aliphatic heterocycles. The zero-order chi connectivity index (χ0) is 15.5. The summed E-state index contributed by atoms with van der Waals surface area (Å²) < 4.78 is 0. The van der Waals surface area contributed by atoms with E-state index in [0.717, 1.165) is 10.8 Å². The van der Waals surface area contributed by atoms with Crippen LogP contribution in [0.5, 0.6) is 0 Å². The summed E-state index contributed by atoms with van der Waals surface area (Å²) >= 11 is 0. The van der Waals surface area contributed by atoms with Gasteiger partial charge in [0.05, 0.1) is 16.9 Å². The average molecular weight is 291 g/mol. The van der Waals surface area contributed by atoms with Crippen molar-refractivity contribution in [1.29, 1.82) is 0 Å². The zero-order valence-electron chi connectivity index (χ0n) is 11.6. The van der Waals surface area contributed by atoms with Crippen molar-refractivity contribution in [2.45, 2.75) is 0 Å². The van der Waals surface area contributed by atoms with E-state index in [1.54, 1.807) is 18.2 Å². The maximum Gasteiger partial charge on any atom is 0.335 e. The third kappa shape index (κ3) is 2.64. The highest BCUT2D eigenvalue weighted by Crippen LogP contribution is 2.33. The fourth-order valence-electron chi connectivity index (χ4n) is 2.16. The molecule has 0 heterocycles. The number of anilines is 1. The molecule has 0 unspecified atom stereocenters. The number of aromatic carboxylic acids is 1. The van der Waals surface area contributed by atoms with Crippen molar-refractivity contribution in [3.05, 3.63) is 66.2 Å². The first-order valence-corrected chi connectivity index (χ1v) is 6.67. The minimum Gasteiger partial charge on any atom is -0.478 e. The van der Waals surface area contributed by atoms with Crippen LogP contribution in [0.3, 0.4) is 0 Å². The summed E-state index contributed by atoms with van der Waals surface area (Å²) in [6, 6.07) is 17.7. The number of fused-ring (bicyclic) bond motifs is 1.